The summed E-state index contributed by atoms with van der Waals surface area (Å²) in [5.74, 6) is -1.17. The topological polar surface area (TPSA) is 92.7 Å². The van der Waals surface area contributed by atoms with Crippen LogP contribution in [0.15, 0.2) is 46.6 Å². The van der Waals surface area contributed by atoms with E-state index in [1.54, 1.807) is 19.9 Å². The normalized spacial score (nSPS) is 10.9. The van der Waals surface area contributed by atoms with Gasteiger partial charge in [0.2, 0.25) is 5.95 Å². The van der Waals surface area contributed by atoms with E-state index in [0.29, 0.717) is 17.0 Å². The van der Waals surface area contributed by atoms with Gasteiger partial charge >= 0.3 is 0 Å². The van der Waals surface area contributed by atoms with Crippen LogP contribution in [-0.4, -0.2) is 25.7 Å². The maximum absolute atomic E-state index is 14.2. The lowest BCUT2D eigenvalue weighted by molar-refractivity contribution is 0.102. The van der Waals surface area contributed by atoms with Gasteiger partial charge in [0.05, 0.1) is 15.5 Å². The van der Waals surface area contributed by atoms with Crippen molar-refractivity contribution >= 4 is 34.7 Å². The summed E-state index contributed by atoms with van der Waals surface area (Å²) in [4.78, 5) is 32.9. The van der Waals surface area contributed by atoms with E-state index in [1.807, 2.05) is 17.5 Å². The number of anilines is 1. The number of hydrogen-bond donors (Lipinski definition) is 2. The molecule has 0 unspecified atom stereocenters. The fraction of sp³-hybridized carbons (Fsp3) is 0.100. The van der Waals surface area contributed by atoms with E-state index in [9.17, 15) is 14.0 Å². The number of nitrogens with zero attached hydrogens (tertiary/aromatic N) is 3. The lowest BCUT2D eigenvalue weighted by Gasteiger charge is -2.10. The molecule has 0 radical (unpaired) electrons. The molecular formula is C20H15ClFN5O2S. The molecule has 0 bridgehead atoms. The van der Waals surface area contributed by atoms with Gasteiger partial charge in [-0.05, 0) is 37.4 Å². The van der Waals surface area contributed by atoms with Gasteiger partial charge in [-0.2, -0.15) is 9.78 Å². The van der Waals surface area contributed by atoms with Crippen molar-refractivity contribution in [3.63, 3.8) is 0 Å². The van der Waals surface area contributed by atoms with Crippen LogP contribution in [0.5, 0.6) is 0 Å². The minimum absolute atomic E-state index is 0.0187. The largest absolute Gasteiger partial charge is 0.306 e. The van der Waals surface area contributed by atoms with Gasteiger partial charge < -0.3 is 5.32 Å². The van der Waals surface area contributed by atoms with Crippen LogP contribution in [0.4, 0.5) is 10.2 Å². The second-order valence-corrected chi connectivity index (χ2v) is 7.81. The number of hydrogen-bond acceptors (Lipinski definition) is 5. The quantitative estimate of drug-likeness (QED) is 0.490. The SMILES string of the molecule is Cc1nc(-n2nc(-c3cccs3)cc2NC(=O)c2c(F)cccc2Cl)[nH]c(=O)c1C. The van der Waals surface area contributed by atoms with Gasteiger partial charge in [0.15, 0.2) is 0 Å². The third kappa shape index (κ3) is 3.64. The second-order valence-electron chi connectivity index (χ2n) is 6.45. The number of amides is 1. The highest BCUT2D eigenvalue weighted by molar-refractivity contribution is 7.13. The van der Waals surface area contributed by atoms with Crippen molar-refractivity contribution in [3.05, 3.63) is 79.8 Å². The molecule has 0 aliphatic heterocycles. The third-order valence-corrected chi connectivity index (χ3v) is 5.70. The molecule has 1 amide bonds. The standard InChI is InChI=1S/C20H15ClFN5O2S/c1-10-11(2)23-20(25-18(10)28)27-16(9-14(26-27)15-7-4-8-30-15)24-19(29)17-12(21)5-3-6-13(17)22/h3-9H,1-2H3,(H,24,29)(H,23,25,28). The average Bonchev–Trinajstić information content (AvgIpc) is 3.35. The summed E-state index contributed by atoms with van der Waals surface area (Å²) in [6.07, 6.45) is 0. The zero-order chi connectivity index (χ0) is 21.4. The summed E-state index contributed by atoms with van der Waals surface area (Å²) < 4.78 is 15.5. The molecule has 0 aliphatic carbocycles. The summed E-state index contributed by atoms with van der Waals surface area (Å²) in [6, 6.07) is 9.35. The number of rotatable bonds is 4. The summed E-state index contributed by atoms with van der Waals surface area (Å²) in [6.45, 7) is 3.36. The van der Waals surface area contributed by atoms with Gasteiger partial charge in [0, 0.05) is 17.3 Å². The van der Waals surface area contributed by atoms with Gasteiger partial charge in [-0.3, -0.25) is 14.6 Å². The van der Waals surface area contributed by atoms with E-state index in [2.05, 4.69) is 20.4 Å². The number of halogens is 2. The van der Waals surface area contributed by atoms with Crippen molar-refractivity contribution in [2.24, 2.45) is 0 Å². The molecule has 0 atom stereocenters. The summed E-state index contributed by atoms with van der Waals surface area (Å²) >= 11 is 7.47. The molecule has 4 rings (SSSR count). The monoisotopic (exact) mass is 443 g/mol. The molecule has 3 aromatic heterocycles. The van der Waals surface area contributed by atoms with Crippen molar-refractivity contribution in [2.75, 3.05) is 5.32 Å². The van der Waals surface area contributed by atoms with Crippen molar-refractivity contribution < 1.29 is 9.18 Å². The number of carbonyl (C=O) groups excluding carboxylic acids is 1. The zero-order valence-corrected chi connectivity index (χ0v) is 17.4. The maximum Gasteiger partial charge on any atom is 0.261 e. The van der Waals surface area contributed by atoms with Gasteiger partial charge in [0.25, 0.3) is 11.5 Å². The van der Waals surface area contributed by atoms with Crippen LogP contribution in [0.3, 0.4) is 0 Å². The smallest absolute Gasteiger partial charge is 0.261 e. The van der Waals surface area contributed by atoms with Crippen LogP contribution >= 0.6 is 22.9 Å². The molecule has 30 heavy (non-hydrogen) atoms. The predicted octanol–water partition coefficient (Wildman–Crippen LogP) is 4.35. The van der Waals surface area contributed by atoms with Crippen LogP contribution < -0.4 is 10.9 Å². The van der Waals surface area contributed by atoms with Crippen molar-refractivity contribution in [1.82, 2.24) is 19.7 Å². The van der Waals surface area contributed by atoms with E-state index < -0.39 is 11.7 Å². The first-order chi connectivity index (χ1) is 14.3. The fourth-order valence-corrected chi connectivity index (χ4v) is 3.73. The lowest BCUT2D eigenvalue weighted by Crippen LogP contribution is -2.21. The second kappa shape index (κ2) is 7.85. The lowest BCUT2D eigenvalue weighted by atomic mass is 10.2. The Balaban J connectivity index is 1.82. The van der Waals surface area contributed by atoms with Gasteiger partial charge in [-0.15, -0.1) is 11.3 Å². The number of aromatic amines is 1. The Morgan fingerprint density at radius 2 is 2.07 bits per heavy atom. The maximum atomic E-state index is 14.2. The van der Waals surface area contributed by atoms with Gasteiger partial charge in [-0.1, -0.05) is 23.7 Å². The van der Waals surface area contributed by atoms with Crippen LogP contribution in [0, 0.1) is 19.7 Å². The van der Waals surface area contributed by atoms with Gasteiger partial charge in [0.1, 0.15) is 17.3 Å². The Labute approximate surface area is 179 Å². The molecule has 2 N–H and O–H groups in total. The summed E-state index contributed by atoms with van der Waals surface area (Å²) in [5.41, 5.74) is 0.955. The van der Waals surface area contributed by atoms with E-state index >= 15 is 0 Å². The van der Waals surface area contributed by atoms with E-state index in [4.69, 9.17) is 11.6 Å². The minimum atomic E-state index is -0.748. The average molecular weight is 444 g/mol. The number of aromatic nitrogens is 4. The number of benzene rings is 1. The Bertz CT molecular complexity index is 1290. The molecule has 0 saturated heterocycles. The molecule has 10 heteroatoms. The predicted molar refractivity (Wildman–Crippen MR) is 114 cm³/mol. The molecule has 0 aliphatic rings. The first-order valence-electron chi connectivity index (χ1n) is 8.82. The third-order valence-electron chi connectivity index (χ3n) is 4.50. The van der Waals surface area contributed by atoms with E-state index in [0.717, 1.165) is 10.9 Å². The Kier molecular flexibility index (Phi) is 5.23. The molecular weight excluding hydrogens is 429 g/mol. The van der Waals surface area contributed by atoms with Crippen LogP contribution in [0.1, 0.15) is 21.6 Å². The highest BCUT2D eigenvalue weighted by Gasteiger charge is 2.21. The van der Waals surface area contributed by atoms with Crippen LogP contribution in [0.2, 0.25) is 5.02 Å². The van der Waals surface area contributed by atoms with Crippen molar-refractivity contribution in [1.29, 1.82) is 0 Å². The number of aryl methyl sites for hydroxylation is 1. The minimum Gasteiger partial charge on any atom is -0.306 e. The highest BCUT2D eigenvalue weighted by atomic mass is 35.5. The molecule has 0 spiro atoms. The molecule has 3 heterocycles. The number of H-pyrrole nitrogens is 1. The van der Waals surface area contributed by atoms with E-state index in [1.165, 1.54) is 28.2 Å². The molecule has 152 valence electrons. The Hall–Kier alpha value is -3.30. The first-order valence-corrected chi connectivity index (χ1v) is 10.1. The number of carbonyl (C=O) groups is 1. The Morgan fingerprint density at radius 3 is 2.73 bits per heavy atom. The van der Waals surface area contributed by atoms with Crippen molar-refractivity contribution in [2.45, 2.75) is 13.8 Å². The summed E-state index contributed by atoms with van der Waals surface area (Å²) in [5, 5.41) is 8.97. The fourth-order valence-electron chi connectivity index (χ4n) is 2.80. The Morgan fingerprint density at radius 1 is 1.27 bits per heavy atom. The summed E-state index contributed by atoms with van der Waals surface area (Å²) in [7, 11) is 0. The molecule has 7 nitrogen and oxygen atoms in total. The van der Waals surface area contributed by atoms with Crippen LogP contribution in [-0.2, 0) is 0 Å². The zero-order valence-electron chi connectivity index (χ0n) is 15.9. The van der Waals surface area contributed by atoms with Crippen LogP contribution in [0.25, 0.3) is 16.5 Å². The first kappa shape index (κ1) is 20.0. The van der Waals surface area contributed by atoms with E-state index in [-0.39, 0.29) is 27.9 Å². The number of thiophene rings is 1. The number of nitrogens with one attached hydrogen (secondary N) is 2. The molecule has 0 saturated carbocycles. The molecule has 1 aromatic carbocycles. The highest BCUT2D eigenvalue weighted by Crippen LogP contribution is 2.28. The van der Waals surface area contributed by atoms with Crippen molar-refractivity contribution in [3.8, 4) is 16.5 Å². The van der Waals surface area contributed by atoms with Gasteiger partial charge in [-0.25, -0.2) is 9.37 Å². The molecule has 0 fully saturated rings. The molecule has 4 aromatic rings.